The summed E-state index contributed by atoms with van der Waals surface area (Å²) in [5, 5.41) is 2.57. The number of ether oxygens (including phenoxy) is 2. The molecule has 108 valence electrons. The topological polar surface area (TPSA) is 73.6 Å². The number of amides is 1. The quantitative estimate of drug-likeness (QED) is 0.834. The SMILES string of the molecule is CCOc1cc(F)ccc1NC(=O)C(N)COC.Cl. The van der Waals surface area contributed by atoms with Crippen LogP contribution in [0.5, 0.6) is 5.75 Å². The molecule has 0 heterocycles. The van der Waals surface area contributed by atoms with Gasteiger partial charge in [-0.25, -0.2) is 4.39 Å². The average Bonchev–Trinajstić information content (AvgIpc) is 2.33. The summed E-state index contributed by atoms with van der Waals surface area (Å²) in [5.41, 5.74) is 5.96. The Kier molecular flexibility index (Phi) is 8.06. The second-order valence-corrected chi connectivity index (χ2v) is 3.62. The number of methoxy groups -OCH3 is 1. The normalized spacial score (nSPS) is 11.4. The predicted molar refractivity (Wildman–Crippen MR) is 73.3 cm³/mol. The monoisotopic (exact) mass is 292 g/mol. The van der Waals surface area contributed by atoms with Crippen LogP contribution in [0.2, 0.25) is 0 Å². The fourth-order valence-corrected chi connectivity index (χ4v) is 1.36. The molecule has 0 spiro atoms. The van der Waals surface area contributed by atoms with Crippen molar-refractivity contribution in [3.05, 3.63) is 24.0 Å². The van der Waals surface area contributed by atoms with Gasteiger partial charge in [0.15, 0.2) is 0 Å². The van der Waals surface area contributed by atoms with E-state index in [1.807, 2.05) is 0 Å². The van der Waals surface area contributed by atoms with Crippen molar-refractivity contribution in [2.24, 2.45) is 5.73 Å². The van der Waals surface area contributed by atoms with Gasteiger partial charge in [0.2, 0.25) is 5.91 Å². The van der Waals surface area contributed by atoms with Crippen LogP contribution in [0.3, 0.4) is 0 Å². The van der Waals surface area contributed by atoms with Gasteiger partial charge in [0.1, 0.15) is 17.6 Å². The zero-order chi connectivity index (χ0) is 13.5. The average molecular weight is 293 g/mol. The maximum atomic E-state index is 13.0. The van der Waals surface area contributed by atoms with Gasteiger partial charge >= 0.3 is 0 Å². The van der Waals surface area contributed by atoms with Gasteiger partial charge in [-0.1, -0.05) is 0 Å². The highest BCUT2D eigenvalue weighted by Gasteiger charge is 2.15. The Morgan fingerprint density at radius 2 is 2.21 bits per heavy atom. The second kappa shape index (κ2) is 8.68. The number of halogens is 2. The molecule has 0 saturated heterocycles. The molecule has 1 amide bonds. The first-order valence-corrected chi connectivity index (χ1v) is 5.56. The Bertz CT molecular complexity index is 418. The largest absolute Gasteiger partial charge is 0.492 e. The van der Waals surface area contributed by atoms with Crippen LogP contribution in [0.25, 0.3) is 0 Å². The van der Waals surface area contributed by atoms with Crippen molar-refractivity contribution in [2.75, 3.05) is 25.6 Å². The minimum absolute atomic E-state index is 0. The molecule has 0 aliphatic heterocycles. The van der Waals surface area contributed by atoms with E-state index in [0.29, 0.717) is 12.3 Å². The number of carbonyl (C=O) groups excluding carboxylic acids is 1. The fraction of sp³-hybridized carbons (Fsp3) is 0.417. The molecule has 1 unspecified atom stereocenters. The molecular formula is C12H18ClFN2O3. The summed E-state index contributed by atoms with van der Waals surface area (Å²) in [7, 11) is 1.46. The van der Waals surface area contributed by atoms with Crippen LogP contribution in [0, 0.1) is 5.82 Å². The molecule has 1 aromatic carbocycles. The lowest BCUT2D eigenvalue weighted by molar-refractivity contribution is -0.118. The van der Waals surface area contributed by atoms with Crippen LogP contribution in [0.4, 0.5) is 10.1 Å². The fourth-order valence-electron chi connectivity index (χ4n) is 1.36. The van der Waals surface area contributed by atoms with Gasteiger partial charge < -0.3 is 20.5 Å². The van der Waals surface area contributed by atoms with Crippen molar-refractivity contribution >= 4 is 24.0 Å². The minimum Gasteiger partial charge on any atom is -0.492 e. The van der Waals surface area contributed by atoms with Crippen LogP contribution in [-0.2, 0) is 9.53 Å². The molecule has 1 aromatic rings. The van der Waals surface area contributed by atoms with Gasteiger partial charge in [-0.2, -0.15) is 0 Å². The third-order valence-corrected chi connectivity index (χ3v) is 2.18. The molecule has 0 saturated carbocycles. The third-order valence-electron chi connectivity index (χ3n) is 2.18. The first kappa shape index (κ1) is 17.6. The summed E-state index contributed by atoms with van der Waals surface area (Å²) < 4.78 is 23.1. The van der Waals surface area contributed by atoms with Crippen molar-refractivity contribution in [1.29, 1.82) is 0 Å². The zero-order valence-corrected chi connectivity index (χ0v) is 11.6. The summed E-state index contributed by atoms with van der Waals surface area (Å²) in [6, 6.07) is 3.09. The first-order valence-electron chi connectivity index (χ1n) is 5.56. The molecule has 1 rings (SSSR count). The number of rotatable bonds is 6. The number of nitrogens with two attached hydrogens (primary N) is 1. The molecule has 0 aliphatic carbocycles. The van der Waals surface area contributed by atoms with Gasteiger partial charge in [-0.3, -0.25) is 4.79 Å². The minimum atomic E-state index is -0.783. The van der Waals surface area contributed by atoms with Crippen molar-refractivity contribution < 1.29 is 18.7 Å². The number of hydrogen-bond donors (Lipinski definition) is 2. The number of carbonyl (C=O) groups is 1. The lowest BCUT2D eigenvalue weighted by Gasteiger charge is -2.14. The molecule has 1 atom stereocenters. The molecule has 7 heteroatoms. The van der Waals surface area contributed by atoms with E-state index in [0.717, 1.165) is 0 Å². The third kappa shape index (κ3) is 5.42. The second-order valence-electron chi connectivity index (χ2n) is 3.62. The van der Waals surface area contributed by atoms with E-state index in [1.54, 1.807) is 6.92 Å². The van der Waals surface area contributed by atoms with Crippen LogP contribution in [0.1, 0.15) is 6.92 Å². The molecule has 0 radical (unpaired) electrons. The molecule has 3 N–H and O–H groups in total. The number of anilines is 1. The van der Waals surface area contributed by atoms with E-state index in [4.69, 9.17) is 15.2 Å². The van der Waals surface area contributed by atoms with E-state index in [2.05, 4.69) is 5.32 Å². The van der Waals surface area contributed by atoms with Crippen LogP contribution in [0.15, 0.2) is 18.2 Å². The molecule has 5 nitrogen and oxygen atoms in total. The van der Waals surface area contributed by atoms with Gasteiger partial charge in [0, 0.05) is 13.2 Å². The highest BCUT2D eigenvalue weighted by Crippen LogP contribution is 2.25. The summed E-state index contributed by atoms with van der Waals surface area (Å²) >= 11 is 0. The first-order chi connectivity index (χ1) is 8.58. The Labute approximate surface area is 117 Å². The summed E-state index contributed by atoms with van der Waals surface area (Å²) in [6.07, 6.45) is 0. The summed E-state index contributed by atoms with van der Waals surface area (Å²) in [4.78, 5) is 11.7. The molecule has 0 aliphatic rings. The number of hydrogen-bond acceptors (Lipinski definition) is 4. The van der Waals surface area contributed by atoms with E-state index in [9.17, 15) is 9.18 Å². The van der Waals surface area contributed by atoms with Crippen molar-refractivity contribution in [3.63, 3.8) is 0 Å². The highest BCUT2D eigenvalue weighted by molar-refractivity contribution is 5.96. The molecule has 0 bridgehead atoms. The van der Waals surface area contributed by atoms with E-state index >= 15 is 0 Å². The Balaban J connectivity index is 0.00000324. The summed E-state index contributed by atoms with van der Waals surface area (Å²) in [5.74, 6) is -0.572. The van der Waals surface area contributed by atoms with Crippen LogP contribution < -0.4 is 15.8 Å². The standard InChI is InChI=1S/C12H17FN2O3.ClH/c1-3-18-11-6-8(13)4-5-10(11)15-12(16)9(14)7-17-2;/h4-6,9H,3,7,14H2,1-2H3,(H,15,16);1H. The molecular weight excluding hydrogens is 275 g/mol. The van der Waals surface area contributed by atoms with E-state index in [1.165, 1.54) is 25.3 Å². The maximum absolute atomic E-state index is 13.0. The Hall–Kier alpha value is -1.37. The van der Waals surface area contributed by atoms with Gasteiger partial charge in [0.05, 0.1) is 18.9 Å². The van der Waals surface area contributed by atoms with Crippen molar-refractivity contribution in [2.45, 2.75) is 13.0 Å². The van der Waals surface area contributed by atoms with Crippen LogP contribution >= 0.6 is 12.4 Å². The molecule has 0 fully saturated rings. The zero-order valence-electron chi connectivity index (χ0n) is 10.8. The van der Waals surface area contributed by atoms with Crippen LogP contribution in [-0.4, -0.2) is 32.3 Å². The number of nitrogens with one attached hydrogen (secondary N) is 1. The Morgan fingerprint density at radius 1 is 1.53 bits per heavy atom. The van der Waals surface area contributed by atoms with Gasteiger partial charge in [-0.15, -0.1) is 12.4 Å². The number of benzene rings is 1. The van der Waals surface area contributed by atoms with Crippen molar-refractivity contribution in [3.8, 4) is 5.75 Å². The Morgan fingerprint density at radius 3 is 2.79 bits per heavy atom. The lowest BCUT2D eigenvalue weighted by atomic mass is 10.2. The predicted octanol–water partition coefficient (Wildman–Crippen LogP) is 1.56. The van der Waals surface area contributed by atoms with E-state index < -0.39 is 17.8 Å². The molecule has 19 heavy (non-hydrogen) atoms. The highest BCUT2D eigenvalue weighted by atomic mass is 35.5. The molecule has 0 aromatic heterocycles. The maximum Gasteiger partial charge on any atom is 0.243 e. The van der Waals surface area contributed by atoms with Crippen molar-refractivity contribution in [1.82, 2.24) is 0 Å². The van der Waals surface area contributed by atoms with Gasteiger partial charge in [0.25, 0.3) is 0 Å². The van der Waals surface area contributed by atoms with E-state index in [-0.39, 0.29) is 24.8 Å². The smallest absolute Gasteiger partial charge is 0.243 e. The van der Waals surface area contributed by atoms with Gasteiger partial charge in [-0.05, 0) is 19.1 Å². The lowest BCUT2D eigenvalue weighted by Crippen LogP contribution is -2.39. The summed E-state index contributed by atoms with van der Waals surface area (Å²) in [6.45, 7) is 2.25.